The molecule has 1 aliphatic heterocycles. The number of amides is 1. The Morgan fingerprint density at radius 1 is 1.13 bits per heavy atom. The quantitative estimate of drug-likeness (QED) is 0.597. The first-order chi connectivity index (χ1) is 10.8. The molecule has 0 saturated carbocycles. The second-order valence-corrected chi connectivity index (χ2v) is 5.47. The van der Waals surface area contributed by atoms with E-state index in [-0.39, 0.29) is 5.91 Å². The van der Waals surface area contributed by atoms with Crippen molar-refractivity contribution in [2.45, 2.75) is 20.3 Å². The summed E-state index contributed by atoms with van der Waals surface area (Å²) >= 11 is 0. The second kappa shape index (κ2) is 6.56. The fourth-order valence-electron chi connectivity index (χ4n) is 2.31. The smallest absolute Gasteiger partial charge is 0.304 e. The first-order valence-electron chi connectivity index (χ1n) is 7.06. The number of carbonyl (C=O) groups excluding carboxylic acids is 1. The van der Waals surface area contributed by atoms with Gasteiger partial charge in [-0.25, -0.2) is 0 Å². The maximum Gasteiger partial charge on any atom is 0.304 e. The molecule has 0 atom stereocenters. The van der Waals surface area contributed by atoms with Gasteiger partial charge in [-0.1, -0.05) is 18.2 Å². The molecule has 0 fully saturated rings. The van der Waals surface area contributed by atoms with Crippen molar-refractivity contribution in [3.63, 3.8) is 0 Å². The molecule has 0 bridgehead atoms. The number of benzene rings is 2. The number of halogens is 1. The molecule has 1 aliphatic rings. The highest BCUT2D eigenvalue weighted by Crippen LogP contribution is 2.27. The minimum atomic E-state index is -0.782. The monoisotopic (exact) mass is 316 g/mol. The normalized spacial score (nSPS) is 12.5. The molecule has 1 amide bonds. The van der Waals surface area contributed by atoms with Crippen molar-refractivity contribution >= 4 is 17.3 Å². The third-order valence-electron chi connectivity index (χ3n) is 3.62. The molecular weight excluding hydrogens is 299 g/mol. The van der Waals surface area contributed by atoms with Gasteiger partial charge in [0.1, 0.15) is 0 Å². The largest absolute Gasteiger partial charge is 0.315 e. The number of nitrogens with zero attached hydrogens (tertiary/aromatic N) is 2. The van der Waals surface area contributed by atoms with Crippen LogP contribution < -0.4 is 4.90 Å². The molecule has 3 rings (SSSR count). The lowest BCUT2D eigenvalue weighted by Gasteiger charge is -2.09. The molecule has 0 radical (unpaired) electrons. The van der Waals surface area contributed by atoms with Gasteiger partial charge in [0.05, 0.1) is 11.3 Å². The van der Waals surface area contributed by atoms with Crippen molar-refractivity contribution in [3.8, 4) is 0 Å². The Morgan fingerprint density at radius 2 is 1.74 bits per heavy atom. The maximum absolute atomic E-state index is 12.7. The zero-order valence-electron chi connectivity index (χ0n) is 13.2. The van der Waals surface area contributed by atoms with Gasteiger partial charge in [0.25, 0.3) is 0 Å². The molecule has 120 valence electrons. The van der Waals surface area contributed by atoms with Gasteiger partial charge in [0.2, 0.25) is 11.7 Å². The van der Waals surface area contributed by atoms with Gasteiger partial charge >= 0.3 is 5.69 Å². The van der Waals surface area contributed by atoms with Crippen LogP contribution in [-0.4, -0.2) is 17.9 Å². The van der Waals surface area contributed by atoms with E-state index in [0.717, 1.165) is 23.4 Å². The summed E-state index contributed by atoms with van der Waals surface area (Å²) in [6.07, 6.45) is 0.562. The lowest BCUT2D eigenvalue weighted by atomic mass is 10.1. The van der Waals surface area contributed by atoms with Crippen LogP contribution in [-0.2, 0) is 11.2 Å². The molecular formula is C17H17FN2O3. The second-order valence-electron chi connectivity index (χ2n) is 5.47. The Bertz CT molecular complexity index is 774. The topological polar surface area (TPSA) is 63.5 Å². The van der Waals surface area contributed by atoms with Crippen LogP contribution in [0.4, 0.5) is 15.8 Å². The van der Waals surface area contributed by atoms with Gasteiger partial charge in [-0.15, -0.1) is 0 Å². The number of fused-ring (bicyclic) bond motifs is 1. The minimum Gasteiger partial charge on any atom is -0.315 e. The molecule has 6 heteroatoms. The average molecular weight is 316 g/mol. The predicted octanol–water partition coefficient (Wildman–Crippen LogP) is 3.56. The number of rotatable bonds is 1. The number of carbonyl (C=O) groups is 1. The maximum atomic E-state index is 12.7. The molecule has 1 heterocycles. The summed E-state index contributed by atoms with van der Waals surface area (Å²) < 4.78 is 12.7. The van der Waals surface area contributed by atoms with Crippen molar-refractivity contribution in [2.24, 2.45) is 0 Å². The van der Waals surface area contributed by atoms with Crippen LogP contribution in [0.5, 0.6) is 0 Å². The summed E-state index contributed by atoms with van der Waals surface area (Å²) in [5, 5.41) is 10.1. The summed E-state index contributed by atoms with van der Waals surface area (Å²) in [5.74, 6) is -0.592. The zero-order chi connectivity index (χ0) is 17.1. The highest BCUT2D eigenvalue weighted by molar-refractivity contribution is 6.00. The van der Waals surface area contributed by atoms with Crippen LogP contribution in [0.3, 0.4) is 0 Å². The predicted molar refractivity (Wildman–Crippen MR) is 86.1 cm³/mol. The SMILES string of the molecule is Cc1ccc([N+](=O)[O-])c(F)c1.Cc1ccc2c(c1)N(C)C(=O)C2. The van der Waals surface area contributed by atoms with Crippen LogP contribution in [0, 0.1) is 29.8 Å². The van der Waals surface area contributed by atoms with Crippen LogP contribution in [0.1, 0.15) is 16.7 Å². The summed E-state index contributed by atoms with van der Waals surface area (Å²) in [4.78, 5) is 22.4. The number of anilines is 1. The lowest BCUT2D eigenvalue weighted by Crippen LogP contribution is -2.20. The van der Waals surface area contributed by atoms with E-state index < -0.39 is 16.4 Å². The van der Waals surface area contributed by atoms with E-state index in [9.17, 15) is 19.3 Å². The molecule has 23 heavy (non-hydrogen) atoms. The van der Waals surface area contributed by atoms with Gasteiger partial charge < -0.3 is 4.90 Å². The first kappa shape index (κ1) is 16.6. The molecule has 0 unspecified atom stereocenters. The highest BCUT2D eigenvalue weighted by atomic mass is 19.1. The molecule has 0 aliphatic carbocycles. The van der Waals surface area contributed by atoms with E-state index in [1.54, 1.807) is 11.8 Å². The first-order valence-corrected chi connectivity index (χ1v) is 7.06. The Kier molecular flexibility index (Phi) is 4.74. The Hall–Kier alpha value is -2.76. The lowest BCUT2D eigenvalue weighted by molar-refractivity contribution is -0.387. The van der Waals surface area contributed by atoms with E-state index in [1.165, 1.54) is 11.6 Å². The number of nitro benzene ring substituents is 1. The van der Waals surface area contributed by atoms with E-state index in [0.29, 0.717) is 12.0 Å². The van der Waals surface area contributed by atoms with Gasteiger partial charge in [0.15, 0.2) is 0 Å². The molecule has 0 aromatic heterocycles. The van der Waals surface area contributed by atoms with Crippen molar-refractivity contribution < 1.29 is 14.1 Å². The van der Waals surface area contributed by atoms with Crippen LogP contribution in [0.25, 0.3) is 0 Å². The third kappa shape index (κ3) is 3.71. The van der Waals surface area contributed by atoms with Gasteiger partial charge in [-0.2, -0.15) is 4.39 Å². The number of hydrogen-bond donors (Lipinski definition) is 0. The molecule has 5 nitrogen and oxygen atoms in total. The molecule has 0 N–H and O–H groups in total. The Morgan fingerprint density at radius 3 is 2.35 bits per heavy atom. The highest BCUT2D eigenvalue weighted by Gasteiger charge is 2.23. The van der Waals surface area contributed by atoms with E-state index in [4.69, 9.17) is 0 Å². The van der Waals surface area contributed by atoms with E-state index >= 15 is 0 Å². The summed E-state index contributed by atoms with van der Waals surface area (Å²) in [6, 6.07) is 9.93. The molecule has 0 saturated heterocycles. The van der Waals surface area contributed by atoms with Crippen molar-refractivity contribution in [1.82, 2.24) is 0 Å². The van der Waals surface area contributed by atoms with E-state index in [2.05, 4.69) is 6.07 Å². The summed E-state index contributed by atoms with van der Waals surface area (Å²) in [6.45, 7) is 3.71. The third-order valence-corrected chi connectivity index (χ3v) is 3.62. The van der Waals surface area contributed by atoms with Crippen LogP contribution >= 0.6 is 0 Å². The van der Waals surface area contributed by atoms with Crippen LogP contribution in [0.2, 0.25) is 0 Å². The van der Waals surface area contributed by atoms with Gasteiger partial charge in [-0.3, -0.25) is 14.9 Å². The fraction of sp³-hybridized carbons (Fsp3) is 0.235. The van der Waals surface area contributed by atoms with Gasteiger partial charge in [-0.05, 0) is 42.7 Å². The molecule has 2 aromatic rings. The minimum absolute atomic E-state index is 0.190. The fourth-order valence-corrected chi connectivity index (χ4v) is 2.31. The number of aryl methyl sites for hydroxylation is 2. The number of hydrogen-bond acceptors (Lipinski definition) is 3. The van der Waals surface area contributed by atoms with Crippen molar-refractivity contribution in [2.75, 3.05) is 11.9 Å². The van der Waals surface area contributed by atoms with E-state index in [1.807, 2.05) is 26.1 Å². The Labute approximate surface area is 133 Å². The standard InChI is InChI=1S/C10H11NO.C7H6FNO2/c1-7-3-4-8-6-10(12)11(2)9(8)5-7;1-5-2-3-7(9(10)11)6(8)4-5/h3-5H,6H2,1-2H3;2-4H,1H3. The van der Waals surface area contributed by atoms with Gasteiger partial charge in [0, 0.05) is 18.8 Å². The zero-order valence-corrected chi connectivity index (χ0v) is 13.2. The molecule has 0 spiro atoms. The number of likely N-dealkylation sites (N-methyl/N-ethyl adjacent to an activating group) is 1. The summed E-state index contributed by atoms with van der Waals surface area (Å²) in [7, 11) is 1.83. The van der Waals surface area contributed by atoms with Crippen molar-refractivity contribution in [3.05, 3.63) is 69.0 Å². The Balaban J connectivity index is 0.000000168. The van der Waals surface area contributed by atoms with Crippen LogP contribution in [0.15, 0.2) is 36.4 Å². The van der Waals surface area contributed by atoms with Crippen molar-refractivity contribution in [1.29, 1.82) is 0 Å². The average Bonchev–Trinajstić information content (AvgIpc) is 2.75. The molecule has 2 aromatic carbocycles. The number of nitro groups is 1. The summed E-state index contributed by atoms with van der Waals surface area (Å²) in [5.41, 5.74) is 3.62.